The number of rotatable bonds is 4. The molecule has 0 aromatic heterocycles. The number of ether oxygens (including phenoxy) is 1. The SMILES string of the molecule is O=C(N[C@H]1CN2CCC1CC2)OC(c1cccc(Cl)c1)c1cccc(Cl)c1. The van der Waals surface area contributed by atoms with Crippen molar-refractivity contribution >= 4 is 29.3 Å². The Labute approximate surface area is 169 Å². The van der Waals surface area contributed by atoms with Gasteiger partial charge >= 0.3 is 6.09 Å². The highest BCUT2D eigenvalue weighted by Gasteiger charge is 2.35. The van der Waals surface area contributed by atoms with Crippen molar-refractivity contribution < 1.29 is 9.53 Å². The maximum absolute atomic E-state index is 12.7. The molecule has 27 heavy (non-hydrogen) atoms. The van der Waals surface area contributed by atoms with Gasteiger partial charge in [0.2, 0.25) is 0 Å². The molecule has 0 radical (unpaired) electrons. The molecule has 5 rings (SSSR count). The molecule has 142 valence electrons. The second-order valence-electron chi connectivity index (χ2n) is 7.28. The molecular weight excluding hydrogens is 383 g/mol. The van der Waals surface area contributed by atoms with E-state index in [0.717, 1.165) is 43.6 Å². The lowest BCUT2D eigenvalue weighted by Gasteiger charge is -2.44. The average Bonchev–Trinajstić information content (AvgIpc) is 2.67. The van der Waals surface area contributed by atoms with Gasteiger partial charge in [0.15, 0.2) is 6.10 Å². The second kappa shape index (κ2) is 8.09. The summed E-state index contributed by atoms with van der Waals surface area (Å²) in [6.07, 6.45) is 1.30. The summed E-state index contributed by atoms with van der Waals surface area (Å²) in [4.78, 5) is 15.1. The quantitative estimate of drug-likeness (QED) is 0.787. The first kappa shape index (κ1) is 18.6. The zero-order valence-electron chi connectivity index (χ0n) is 14.9. The van der Waals surface area contributed by atoms with Crippen LogP contribution in [0.5, 0.6) is 0 Å². The normalized spacial score (nSPS) is 24.0. The standard InChI is InChI=1S/C21H22Cl2N2O2/c22-17-5-1-3-15(11-17)20(16-4-2-6-18(23)12-16)27-21(26)24-19-13-25-9-7-14(19)8-10-25/h1-6,11-12,14,19-20H,7-10,13H2,(H,24,26)/t19-/m0/s1. The first-order chi connectivity index (χ1) is 13.1. The van der Waals surface area contributed by atoms with Crippen molar-refractivity contribution in [1.82, 2.24) is 10.2 Å². The Morgan fingerprint density at radius 1 is 1.04 bits per heavy atom. The van der Waals surface area contributed by atoms with Crippen LogP contribution in [0.4, 0.5) is 4.79 Å². The number of carbonyl (C=O) groups excluding carboxylic acids is 1. The van der Waals surface area contributed by atoms with Gasteiger partial charge in [-0.1, -0.05) is 47.5 Å². The van der Waals surface area contributed by atoms with Crippen molar-refractivity contribution in [2.45, 2.75) is 25.0 Å². The minimum Gasteiger partial charge on any atom is -0.436 e. The number of halogens is 2. The Balaban J connectivity index is 1.53. The fourth-order valence-corrected chi connectivity index (χ4v) is 4.49. The fraction of sp³-hybridized carbons (Fsp3) is 0.381. The van der Waals surface area contributed by atoms with Crippen molar-refractivity contribution in [3.8, 4) is 0 Å². The number of nitrogens with zero attached hydrogens (tertiary/aromatic N) is 1. The van der Waals surface area contributed by atoms with Gasteiger partial charge in [-0.2, -0.15) is 0 Å². The van der Waals surface area contributed by atoms with E-state index in [4.69, 9.17) is 27.9 Å². The Bertz CT molecular complexity index is 776. The van der Waals surface area contributed by atoms with Gasteiger partial charge in [0, 0.05) is 22.6 Å². The van der Waals surface area contributed by atoms with Crippen molar-refractivity contribution in [2.24, 2.45) is 5.92 Å². The number of carbonyl (C=O) groups is 1. The van der Waals surface area contributed by atoms with Gasteiger partial charge in [-0.25, -0.2) is 4.79 Å². The Kier molecular flexibility index (Phi) is 5.58. The third-order valence-corrected chi connectivity index (χ3v) is 5.96. The summed E-state index contributed by atoms with van der Waals surface area (Å²) in [5.74, 6) is 0.540. The molecule has 2 aromatic rings. The van der Waals surface area contributed by atoms with E-state index in [1.54, 1.807) is 12.1 Å². The Morgan fingerprint density at radius 3 is 2.11 bits per heavy atom. The first-order valence-electron chi connectivity index (χ1n) is 9.29. The zero-order valence-corrected chi connectivity index (χ0v) is 16.4. The molecule has 3 fully saturated rings. The molecule has 3 saturated heterocycles. The molecule has 0 aliphatic carbocycles. The number of amides is 1. The smallest absolute Gasteiger partial charge is 0.408 e. The number of hydrogen-bond acceptors (Lipinski definition) is 3. The molecule has 0 unspecified atom stereocenters. The summed E-state index contributed by atoms with van der Waals surface area (Å²) in [5, 5.41) is 4.28. The third kappa shape index (κ3) is 4.40. The van der Waals surface area contributed by atoms with Crippen LogP contribution in [0.25, 0.3) is 0 Å². The monoisotopic (exact) mass is 404 g/mol. The second-order valence-corrected chi connectivity index (χ2v) is 8.16. The number of hydrogen-bond donors (Lipinski definition) is 1. The van der Waals surface area contributed by atoms with Crippen LogP contribution in [0.3, 0.4) is 0 Å². The summed E-state index contributed by atoms with van der Waals surface area (Å²) in [6.45, 7) is 3.16. The predicted octanol–water partition coefficient (Wildman–Crippen LogP) is 4.90. The number of benzene rings is 2. The topological polar surface area (TPSA) is 41.6 Å². The lowest BCUT2D eigenvalue weighted by molar-refractivity contribution is 0.0593. The Hall–Kier alpha value is -1.75. The summed E-state index contributed by atoms with van der Waals surface area (Å²) < 4.78 is 5.86. The Morgan fingerprint density at radius 2 is 1.63 bits per heavy atom. The van der Waals surface area contributed by atoms with Gasteiger partial charge in [0.1, 0.15) is 0 Å². The minimum atomic E-state index is -0.566. The van der Waals surface area contributed by atoms with E-state index in [2.05, 4.69) is 10.2 Å². The maximum atomic E-state index is 12.7. The third-order valence-electron chi connectivity index (χ3n) is 5.49. The van der Waals surface area contributed by atoms with Crippen molar-refractivity contribution in [3.05, 3.63) is 69.7 Å². The lowest BCUT2D eigenvalue weighted by Crippen LogP contribution is -2.57. The molecule has 0 saturated carbocycles. The fourth-order valence-electron chi connectivity index (χ4n) is 4.09. The van der Waals surface area contributed by atoms with Gasteiger partial charge in [0.25, 0.3) is 0 Å². The van der Waals surface area contributed by atoms with Crippen LogP contribution in [0.1, 0.15) is 30.1 Å². The summed E-state index contributed by atoms with van der Waals surface area (Å²) in [6, 6.07) is 14.9. The largest absolute Gasteiger partial charge is 0.436 e. The van der Waals surface area contributed by atoms with E-state index in [0.29, 0.717) is 16.0 Å². The molecule has 3 aliphatic rings. The molecule has 3 heterocycles. The van der Waals surface area contributed by atoms with Crippen LogP contribution in [0.15, 0.2) is 48.5 Å². The maximum Gasteiger partial charge on any atom is 0.408 e. The van der Waals surface area contributed by atoms with Crippen molar-refractivity contribution in [2.75, 3.05) is 19.6 Å². The van der Waals surface area contributed by atoms with Crippen LogP contribution < -0.4 is 5.32 Å². The average molecular weight is 405 g/mol. The van der Waals surface area contributed by atoms with E-state index < -0.39 is 12.2 Å². The summed E-state index contributed by atoms with van der Waals surface area (Å²) in [7, 11) is 0. The molecule has 4 nitrogen and oxygen atoms in total. The number of fused-ring (bicyclic) bond motifs is 3. The van der Waals surface area contributed by atoms with Gasteiger partial charge < -0.3 is 15.0 Å². The first-order valence-corrected chi connectivity index (χ1v) is 10.0. The molecule has 6 heteroatoms. The van der Waals surface area contributed by atoms with E-state index in [1.165, 1.54) is 0 Å². The lowest BCUT2D eigenvalue weighted by atomic mass is 9.84. The molecule has 1 amide bonds. The van der Waals surface area contributed by atoms with E-state index in [-0.39, 0.29) is 6.04 Å². The van der Waals surface area contributed by atoms with Crippen LogP contribution in [0.2, 0.25) is 10.0 Å². The molecule has 3 aliphatic heterocycles. The summed E-state index contributed by atoms with van der Waals surface area (Å²) in [5.41, 5.74) is 1.63. The van der Waals surface area contributed by atoms with Gasteiger partial charge in [0.05, 0.1) is 0 Å². The highest BCUT2D eigenvalue weighted by Crippen LogP contribution is 2.31. The predicted molar refractivity (Wildman–Crippen MR) is 107 cm³/mol. The van der Waals surface area contributed by atoms with Crippen LogP contribution in [-0.4, -0.2) is 36.7 Å². The zero-order chi connectivity index (χ0) is 18.8. The van der Waals surface area contributed by atoms with E-state index >= 15 is 0 Å². The summed E-state index contributed by atoms with van der Waals surface area (Å²) >= 11 is 12.3. The molecule has 2 bridgehead atoms. The number of nitrogens with one attached hydrogen (secondary N) is 1. The minimum absolute atomic E-state index is 0.152. The molecule has 2 aromatic carbocycles. The van der Waals surface area contributed by atoms with E-state index in [9.17, 15) is 4.79 Å². The highest BCUT2D eigenvalue weighted by molar-refractivity contribution is 6.31. The van der Waals surface area contributed by atoms with Gasteiger partial charge in [-0.15, -0.1) is 0 Å². The molecule has 0 spiro atoms. The molecule has 1 atom stereocenters. The molecular formula is C21H22Cl2N2O2. The van der Waals surface area contributed by atoms with Gasteiger partial charge in [-0.05, 0) is 67.2 Å². The van der Waals surface area contributed by atoms with Gasteiger partial charge in [-0.3, -0.25) is 0 Å². The van der Waals surface area contributed by atoms with Crippen molar-refractivity contribution in [1.29, 1.82) is 0 Å². The molecule has 1 N–H and O–H groups in total. The van der Waals surface area contributed by atoms with Crippen LogP contribution in [0, 0.1) is 5.92 Å². The van der Waals surface area contributed by atoms with Crippen molar-refractivity contribution in [3.63, 3.8) is 0 Å². The number of piperidine rings is 3. The van der Waals surface area contributed by atoms with E-state index in [1.807, 2.05) is 36.4 Å². The van der Waals surface area contributed by atoms with Crippen LogP contribution in [-0.2, 0) is 4.74 Å². The van der Waals surface area contributed by atoms with Crippen LogP contribution >= 0.6 is 23.2 Å². The number of alkyl carbamates (subject to hydrolysis) is 1. The highest BCUT2D eigenvalue weighted by atomic mass is 35.5.